The van der Waals surface area contributed by atoms with Crippen LogP contribution < -0.4 is 5.73 Å². The number of nitrogens with one attached hydrogen (secondary N) is 1. The third kappa shape index (κ3) is 3.69. The summed E-state index contributed by atoms with van der Waals surface area (Å²) in [6.45, 7) is 0.285. The van der Waals surface area contributed by atoms with Crippen LogP contribution in [0.1, 0.15) is 11.4 Å². The third-order valence-corrected chi connectivity index (χ3v) is 3.04. The van der Waals surface area contributed by atoms with Crippen molar-refractivity contribution in [3.63, 3.8) is 0 Å². The number of hydrogen-bond donors (Lipinski definition) is 4. The summed E-state index contributed by atoms with van der Waals surface area (Å²) in [6.07, 6.45) is 1.63. The number of phenolic OH excluding ortho intramolecular Hbond substituents is 2. The fourth-order valence-electron chi connectivity index (χ4n) is 1.93. The van der Waals surface area contributed by atoms with E-state index in [0.29, 0.717) is 11.4 Å². The molecular weight excluding hydrogens is 274 g/mol. The van der Waals surface area contributed by atoms with Crippen molar-refractivity contribution < 1.29 is 15.0 Å². The molecule has 0 aliphatic heterocycles. The van der Waals surface area contributed by atoms with Gasteiger partial charge in [0.2, 0.25) is 5.91 Å². The molecule has 0 aliphatic carbocycles. The van der Waals surface area contributed by atoms with Gasteiger partial charge in [0.05, 0.1) is 12.6 Å². The fraction of sp³-hybridized carbons (Fsp3) is 0.308. The van der Waals surface area contributed by atoms with Gasteiger partial charge in [-0.3, -0.25) is 9.89 Å². The van der Waals surface area contributed by atoms with Gasteiger partial charge >= 0.3 is 0 Å². The number of aromatic nitrogens is 3. The van der Waals surface area contributed by atoms with Crippen LogP contribution in [0.25, 0.3) is 0 Å². The van der Waals surface area contributed by atoms with Gasteiger partial charge in [0.15, 0.2) is 11.5 Å². The Morgan fingerprint density at radius 1 is 1.43 bits per heavy atom. The summed E-state index contributed by atoms with van der Waals surface area (Å²) >= 11 is 0. The molecule has 21 heavy (non-hydrogen) atoms. The van der Waals surface area contributed by atoms with Gasteiger partial charge in [-0.1, -0.05) is 6.07 Å². The molecule has 1 atom stereocenters. The minimum Gasteiger partial charge on any atom is -0.504 e. The third-order valence-electron chi connectivity index (χ3n) is 3.04. The Hall–Kier alpha value is -2.61. The highest BCUT2D eigenvalue weighted by Gasteiger charge is 2.19. The van der Waals surface area contributed by atoms with Crippen molar-refractivity contribution >= 4 is 5.91 Å². The highest BCUT2D eigenvalue weighted by Crippen LogP contribution is 2.25. The Balaban J connectivity index is 1.96. The molecule has 1 aromatic heterocycles. The normalized spacial score (nSPS) is 12.1. The van der Waals surface area contributed by atoms with Crippen LogP contribution in [0.3, 0.4) is 0 Å². The summed E-state index contributed by atoms with van der Waals surface area (Å²) in [5, 5.41) is 25.0. The SMILES string of the molecule is CN(Cc1ncn[nH]1)C(=O)[C@@H](N)Cc1ccc(O)c(O)c1. The summed E-state index contributed by atoms with van der Waals surface area (Å²) in [4.78, 5) is 17.5. The van der Waals surface area contributed by atoms with Gasteiger partial charge in [0.1, 0.15) is 12.2 Å². The maximum absolute atomic E-state index is 12.2. The largest absolute Gasteiger partial charge is 0.504 e. The highest BCUT2D eigenvalue weighted by molar-refractivity contribution is 5.81. The fourth-order valence-corrected chi connectivity index (χ4v) is 1.93. The number of H-pyrrole nitrogens is 1. The molecule has 0 unspecified atom stereocenters. The van der Waals surface area contributed by atoms with Gasteiger partial charge in [-0.15, -0.1) is 0 Å². The topological polar surface area (TPSA) is 128 Å². The van der Waals surface area contributed by atoms with Crippen LogP contribution in [0, 0.1) is 0 Å². The molecule has 0 saturated carbocycles. The zero-order chi connectivity index (χ0) is 15.4. The summed E-state index contributed by atoms with van der Waals surface area (Å²) in [5.41, 5.74) is 6.55. The van der Waals surface area contributed by atoms with E-state index < -0.39 is 6.04 Å². The quantitative estimate of drug-likeness (QED) is 0.562. The average molecular weight is 291 g/mol. The monoisotopic (exact) mass is 291 g/mol. The van der Waals surface area contributed by atoms with Gasteiger partial charge < -0.3 is 20.8 Å². The predicted molar refractivity (Wildman–Crippen MR) is 74.3 cm³/mol. The number of likely N-dealkylation sites (N-methyl/N-ethyl adjacent to an activating group) is 1. The highest BCUT2D eigenvalue weighted by atomic mass is 16.3. The minimum absolute atomic E-state index is 0.207. The molecule has 1 heterocycles. The first-order valence-corrected chi connectivity index (χ1v) is 6.33. The molecule has 0 saturated heterocycles. The summed E-state index contributed by atoms with van der Waals surface area (Å²) in [7, 11) is 1.62. The van der Waals surface area contributed by atoms with Gasteiger partial charge in [0, 0.05) is 7.05 Å². The molecule has 0 spiro atoms. The van der Waals surface area contributed by atoms with Gasteiger partial charge in [-0.2, -0.15) is 5.10 Å². The number of phenols is 2. The van der Waals surface area contributed by atoms with Crippen LogP contribution in [0.2, 0.25) is 0 Å². The first kappa shape index (κ1) is 14.8. The van der Waals surface area contributed by atoms with Crippen molar-refractivity contribution in [1.29, 1.82) is 0 Å². The number of nitrogens with zero attached hydrogens (tertiary/aromatic N) is 3. The average Bonchev–Trinajstić information content (AvgIpc) is 2.94. The number of benzene rings is 1. The first-order valence-electron chi connectivity index (χ1n) is 6.33. The molecule has 2 rings (SSSR count). The molecule has 1 amide bonds. The first-order chi connectivity index (χ1) is 9.97. The van der Waals surface area contributed by atoms with E-state index in [2.05, 4.69) is 15.2 Å². The number of carbonyl (C=O) groups excluding carboxylic acids is 1. The van der Waals surface area contributed by atoms with E-state index >= 15 is 0 Å². The molecule has 1 aromatic carbocycles. The molecule has 8 nitrogen and oxygen atoms in total. The zero-order valence-electron chi connectivity index (χ0n) is 11.5. The molecule has 8 heteroatoms. The second-order valence-corrected chi connectivity index (χ2v) is 4.76. The second-order valence-electron chi connectivity index (χ2n) is 4.76. The van der Waals surface area contributed by atoms with Gasteiger partial charge in [0.25, 0.3) is 0 Å². The number of carbonyl (C=O) groups is 1. The van der Waals surface area contributed by atoms with E-state index in [0.717, 1.165) is 0 Å². The Kier molecular flexibility index (Phi) is 4.39. The van der Waals surface area contributed by atoms with Crippen molar-refractivity contribution in [1.82, 2.24) is 20.1 Å². The minimum atomic E-state index is -0.748. The maximum Gasteiger partial charge on any atom is 0.239 e. The lowest BCUT2D eigenvalue weighted by Crippen LogP contribution is -2.42. The second kappa shape index (κ2) is 6.23. The Bertz CT molecular complexity index is 614. The van der Waals surface area contributed by atoms with Crippen LogP contribution in [0.5, 0.6) is 11.5 Å². The van der Waals surface area contributed by atoms with E-state index in [1.165, 1.54) is 23.4 Å². The molecule has 112 valence electrons. The van der Waals surface area contributed by atoms with E-state index in [-0.39, 0.29) is 30.4 Å². The number of aromatic hydroxyl groups is 2. The smallest absolute Gasteiger partial charge is 0.239 e. The molecular formula is C13H17N5O3. The number of amides is 1. The molecule has 5 N–H and O–H groups in total. The van der Waals surface area contributed by atoms with Crippen molar-refractivity contribution in [3.8, 4) is 11.5 Å². The number of hydrogen-bond acceptors (Lipinski definition) is 6. The van der Waals surface area contributed by atoms with Crippen LogP contribution in [0.4, 0.5) is 0 Å². The lowest BCUT2D eigenvalue weighted by atomic mass is 10.0. The molecule has 0 bridgehead atoms. The van der Waals surface area contributed by atoms with E-state index in [4.69, 9.17) is 5.73 Å². The molecule has 0 fully saturated rings. The van der Waals surface area contributed by atoms with E-state index in [1.807, 2.05) is 0 Å². The Labute approximate surface area is 121 Å². The van der Waals surface area contributed by atoms with Crippen LogP contribution in [-0.2, 0) is 17.8 Å². The van der Waals surface area contributed by atoms with Crippen LogP contribution in [-0.4, -0.2) is 49.3 Å². The lowest BCUT2D eigenvalue weighted by molar-refractivity contribution is -0.131. The van der Waals surface area contributed by atoms with Crippen molar-refractivity contribution in [3.05, 3.63) is 35.9 Å². The van der Waals surface area contributed by atoms with Gasteiger partial charge in [-0.25, -0.2) is 4.98 Å². The molecule has 0 radical (unpaired) electrons. The Morgan fingerprint density at radius 3 is 2.81 bits per heavy atom. The summed E-state index contributed by atoms with van der Waals surface area (Å²) < 4.78 is 0. The van der Waals surface area contributed by atoms with Gasteiger partial charge in [-0.05, 0) is 24.1 Å². The zero-order valence-corrected chi connectivity index (χ0v) is 11.5. The Morgan fingerprint density at radius 2 is 2.19 bits per heavy atom. The summed E-state index contributed by atoms with van der Waals surface area (Å²) in [5.74, 6) is -0.123. The molecule has 0 aliphatic rings. The van der Waals surface area contributed by atoms with Crippen molar-refractivity contribution in [2.24, 2.45) is 5.73 Å². The standard InChI is InChI=1S/C13H17N5O3/c1-18(6-12-15-7-16-17-12)13(21)9(14)4-8-2-3-10(19)11(20)5-8/h2-3,5,7,9,19-20H,4,6,14H2,1H3,(H,15,16,17)/t9-/m0/s1. The maximum atomic E-state index is 12.2. The lowest BCUT2D eigenvalue weighted by Gasteiger charge is -2.20. The van der Waals surface area contributed by atoms with Crippen LogP contribution in [0.15, 0.2) is 24.5 Å². The number of aromatic amines is 1. The molecule has 2 aromatic rings. The predicted octanol–water partition coefficient (Wildman–Crippen LogP) is -0.256. The van der Waals surface area contributed by atoms with Crippen LogP contribution >= 0.6 is 0 Å². The number of nitrogens with two attached hydrogens (primary N) is 1. The summed E-state index contributed by atoms with van der Waals surface area (Å²) in [6, 6.07) is 3.61. The van der Waals surface area contributed by atoms with E-state index in [1.54, 1.807) is 13.1 Å². The van der Waals surface area contributed by atoms with E-state index in [9.17, 15) is 15.0 Å². The number of rotatable bonds is 5. The van der Waals surface area contributed by atoms with Crippen molar-refractivity contribution in [2.45, 2.75) is 19.0 Å². The van der Waals surface area contributed by atoms with Crippen molar-refractivity contribution in [2.75, 3.05) is 7.05 Å².